The molecule has 15 heavy (non-hydrogen) atoms. The van der Waals surface area contributed by atoms with Gasteiger partial charge in [0, 0.05) is 13.2 Å². The van der Waals surface area contributed by atoms with Crippen LogP contribution < -0.4 is 5.32 Å². The van der Waals surface area contributed by atoms with Gasteiger partial charge in [-0.05, 0) is 32.6 Å². The van der Waals surface area contributed by atoms with Crippen LogP contribution in [0.5, 0.6) is 0 Å². The molecule has 0 aromatic heterocycles. The maximum absolute atomic E-state index is 11.6. The molecule has 1 heterocycles. The number of aliphatic hydroxyl groups is 1. The topological polar surface area (TPSA) is 58.6 Å². The van der Waals surface area contributed by atoms with Crippen molar-refractivity contribution < 1.29 is 14.6 Å². The fraction of sp³-hybridized carbons (Fsp3) is 0.909. The van der Waals surface area contributed by atoms with E-state index >= 15 is 0 Å². The number of nitrogens with one attached hydrogen (secondary N) is 1. The van der Waals surface area contributed by atoms with Crippen LogP contribution in [0.2, 0.25) is 0 Å². The van der Waals surface area contributed by atoms with Crippen molar-refractivity contribution in [2.24, 2.45) is 5.92 Å². The van der Waals surface area contributed by atoms with E-state index in [9.17, 15) is 4.79 Å². The zero-order chi connectivity index (χ0) is 11.1. The molecular weight excluding hydrogens is 194 g/mol. The molecule has 0 aliphatic carbocycles. The fourth-order valence-corrected chi connectivity index (χ4v) is 1.70. The van der Waals surface area contributed by atoms with Crippen LogP contribution in [0.4, 0.5) is 0 Å². The van der Waals surface area contributed by atoms with Gasteiger partial charge in [-0.2, -0.15) is 0 Å². The van der Waals surface area contributed by atoms with E-state index in [0.717, 1.165) is 32.3 Å². The lowest BCUT2D eigenvalue weighted by molar-refractivity contribution is -0.128. The standard InChI is InChI=1S/C11H21NO3/c1-9(13)4-2-6-12-11(14)10-5-3-7-15-8-10/h9-10,13H,2-8H2,1H3,(H,12,14). The summed E-state index contributed by atoms with van der Waals surface area (Å²) in [4.78, 5) is 11.6. The minimum atomic E-state index is -0.278. The van der Waals surface area contributed by atoms with Gasteiger partial charge in [0.05, 0.1) is 18.6 Å². The maximum Gasteiger partial charge on any atom is 0.225 e. The number of aliphatic hydroxyl groups excluding tert-OH is 1. The minimum Gasteiger partial charge on any atom is -0.393 e. The summed E-state index contributed by atoms with van der Waals surface area (Å²) < 4.78 is 5.25. The molecule has 0 aromatic carbocycles. The maximum atomic E-state index is 11.6. The number of carbonyl (C=O) groups is 1. The summed E-state index contributed by atoms with van der Waals surface area (Å²) in [6, 6.07) is 0. The van der Waals surface area contributed by atoms with E-state index in [4.69, 9.17) is 9.84 Å². The van der Waals surface area contributed by atoms with Gasteiger partial charge in [0.1, 0.15) is 0 Å². The van der Waals surface area contributed by atoms with Gasteiger partial charge in [0.25, 0.3) is 0 Å². The van der Waals surface area contributed by atoms with Gasteiger partial charge in [0.15, 0.2) is 0 Å². The normalized spacial score (nSPS) is 23.5. The molecule has 4 heteroatoms. The van der Waals surface area contributed by atoms with Crippen molar-refractivity contribution in [3.63, 3.8) is 0 Å². The summed E-state index contributed by atoms with van der Waals surface area (Å²) in [5, 5.41) is 11.9. The van der Waals surface area contributed by atoms with Gasteiger partial charge >= 0.3 is 0 Å². The average Bonchev–Trinajstić information content (AvgIpc) is 2.25. The van der Waals surface area contributed by atoms with E-state index in [1.807, 2.05) is 0 Å². The Morgan fingerprint density at radius 1 is 1.67 bits per heavy atom. The summed E-state index contributed by atoms with van der Waals surface area (Å²) in [5.74, 6) is 0.130. The van der Waals surface area contributed by atoms with Crippen molar-refractivity contribution in [1.29, 1.82) is 0 Å². The minimum absolute atomic E-state index is 0.0327. The van der Waals surface area contributed by atoms with Crippen molar-refractivity contribution in [2.75, 3.05) is 19.8 Å². The lowest BCUT2D eigenvalue weighted by Crippen LogP contribution is -2.36. The Hall–Kier alpha value is -0.610. The molecule has 0 radical (unpaired) electrons. The van der Waals surface area contributed by atoms with Gasteiger partial charge in [-0.3, -0.25) is 4.79 Å². The molecule has 0 aromatic rings. The lowest BCUT2D eigenvalue weighted by Gasteiger charge is -2.21. The zero-order valence-electron chi connectivity index (χ0n) is 9.37. The van der Waals surface area contributed by atoms with E-state index in [1.54, 1.807) is 6.92 Å². The predicted octanol–water partition coefficient (Wildman–Crippen LogP) is 0.690. The smallest absolute Gasteiger partial charge is 0.225 e. The lowest BCUT2D eigenvalue weighted by atomic mass is 10.0. The summed E-state index contributed by atoms with van der Waals surface area (Å²) in [6.45, 7) is 3.76. The third kappa shape index (κ3) is 5.14. The molecule has 2 atom stereocenters. The second-order valence-electron chi connectivity index (χ2n) is 4.20. The third-order valence-corrected chi connectivity index (χ3v) is 2.63. The summed E-state index contributed by atoms with van der Waals surface area (Å²) >= 11 is 0. The predicted molar refractivity (Wildman–Crippen MR) is 57.5 cm³/mol. The molecule has 1 rings (SSSR count). The van der Waals surface area contributed by atoms with Crippen LogP contribution in [-0.4, -0.2) is 36.9 Å². The van der Waals surface area contributed by atoms with Crippen molar-refractivity contribution in [3.8, 4) is 0 Å². The molecule has 1 aliphatic heterocycles. The van der Waals surface area contributed by atoms with Gasteiger partial charge in [-0.15, -0.1) is 0 Å². The summed E-state index contributed by atoms with van der Waals surface area (Å²) in [6.07, 6.45) is 3.20. The van der Waals surface area contributed by atoms with E-state index in [2.05, 4.69) is 5.32 Å². The molecule has 2 unspecified atom stereocenters. The van der Waals surface area contributed by atoms with Crippen molar-refractivity contribution in [3.05, 3.63) is 0 Å². The van der Waals surface area contributed by atoms with E-state index in [0.29, 0.717) is 13.2 Å². The summed E-state index contributed by atoms with van der Waals surface area (Å²) in [7, 11) is 0. The highest BCUT2D eigenvalue weighted by Gasteiger charge is 2.20. The van der Waals surface area contributed by atoms with Crippen LogP contribution in [0, 0.1) is 5.92 Å². The van der Waals surface area contributed by atoms with Crippen LogP contribution in [0.15, 0.2) is 0 Å². The molecule has 2 N–H and O–H groups in total. The number of rotatable bonds is 5. The van der Waals surface area contributed by atoms with E-state index < -0.39 is 0 Å². The van der Waals surface area contributed by atoms with Crippen LogP contribution in [-0.2, 0) is 9.53 Å². The second kappa shape index (κ2) is 6.80. The molecular formula is C11H21NO3. The number of amides is 1. The summed E-state index contributed by atoms with van der Waals surface area (Å²) in [5.41, 5.74) is 0. The molecule has 1 aliphatic rings. The van der Waals surface area contributed by atoms with Crippen LogP contribution in [0.25, 0.3) is 0 Å². The zero-order valence-corrected chi connectivity index (χ0v) is 9.37. The Balaban J connectivity index is 2.07. The van der Waals surface area contributed by atoms with E-state index in [1.165, 1.54) is 0 Å². The Kier molecular flexibility index (Phi) is 5.65. The third-order valence-electron chi connectivity index (χ3n) is 2.63. The van der Waals surface area contributed by atoms with Crippen molar-refractivity contribution in [2.45, 2.75) is 38.7 Å². The van der Waals surface area contributed by atoms with Gasteiger partial charge in [-0.25, -0.2) is 0 Å². The first-order valence-electron chi connectivity index (χ1n) is 5.73. The first-order chi connectivity index (χ1) is 7.20. The SMILES string of the molecule is CC(O)CCCNC(=O)C1CCCOC1. The van der Waals surface area contributed by atoms with Crippen molar-refractivity contribution in [1.82, 2.24) is 5.32 Å². The number of carbonyl (C=O) groups excluding carboxylic acids is 1. The Morgan fingerprint density at radius 2 is 2.47 bits per heavy atom. The molecule has 0 bridgehead atoms. The van der Waals surface area contributed by atoms with E-state index in [-0.39, 0.29) is 17.9 Å². The van der Waals surface area contributed by atoms with Gasteiger partial charge in [-0.1, -0.05) is 0 Å². The highest BCUT2D eigenvalue weighted by atomic mass is 16.5. The largest absolute Gasteiger partial charge is 0.393 e. The number of ether oxygens (including phenoxy) is 1. The number of hydrogen-bond donors (Lipinski definition) is 2. The molecule has 1 fully saturated rings. The first-order valence-corrected chi connectivity index (χ1v) is 5.73. The second-order valence-corrected chi connectivity index (χ2v) is 4.20. The molecule has 0 saturated carbocycles. The molecule has 0 spiro atoms. The van der Waals surface area contributed by atoms with Crippen molar-refractivity contribution >= 4 is 5.91 Å². The van der Waals surface area contributed by atoms with Gasteiger partial charge in [0.2, 0.25) is 5.91 Å². The van der Waals surface area contributed by atoms with Gasteiger partial charge < -0.3 is 15.2 Å². The molecule has 88 valence electrons. The monoisotopic (exact) mass is 215 g/mol. The Bertz CT molecular complexity index is 188. The fourth-order valence-electron chi connectivity index (χ4n) is 1.70. The Labute approximate surface area is 91.0 Å². The highest BCUT2D eigenvalue weighted by Crippen LogP contribution is 2.13. The van der Waals surface area contributed by atoms with Crippen LogP contribution >= 0.6 is 0 Å². The average molecular weight is 215 g/mol. The highest BCUT2D eigenvalue weighted by molar-refractivity contribution is 5.78. The van der Waals surface area contributed by atoms with Crippen LogP contribution in [0.3, 0.4) is 0 Å². The van der Waals surface area contributed by atoms with Crippen LogP contribution in [0.1, 0.15) is 32.6 Å². The molecule has 1 saturated heterocycles. The first kappa shape index (κ1) is 12.5. The quantitative estimate of drug-likeness (QED) is 0.663. The number of hydrogen-bond acceptors (Lipinski definition) is 3. The molecule has 4 nitrogen and oxygen atoms in total. The Morgan fingerprint density at radius 3 is 3.07 bits per heavy atom. The molecule has 1 amide bonds.